The van der Waals surface area contributed by atoms with E-state index in [1.807, 2.05) is 56.3 Å². The number of benzene rings is 1. The van der Waals surface area contributed by atoms with E-state index in [1.54, 1.807) is 0 Å². The van der Waals surface area contributed by atoms with Crippen LogP contribution in [0.1, 0.15) is 18.2 Å². The van der Waals surface area contributed by atoms with E-state index in [4.69, 9.17) is 17.0 Å². The molecule has 0 aliphatic rings. The molecule has 0 aliphatic heterocycles. The van der Waals surface area contributed by atoms with Crippen LogP contribution in [0.15, 0.2) is 42.5 Å². The van der Waals surface area contributed by atoms with Crippen LogP contribution in [0, 0.1) is 6.92 Å². The number of hydrogen-bond donors (Lipinski definition) is 2. The summed E-state index contributed by atoms with van der Waals surface area (Å²) in [6.07, 6.45) is 0. The molecule has 21 heavy (non-hydrogen) atoms. The molecule has 110 valence electrons. The molecular formula is C16H19N3OS. The van der Waals surface area contributed by atoms with Crippen LogP contribution in [-0.4, -0.2) is 16.7 Å². The first kappa shape index (κ1) is 15.3. The molecule has 0 radical (unpaired) electrons. The van der Waals surface area contributed by atoms with Gasteiger partial charge in [-0.1, -0.05) is 24.3 Å². The Morgan fingerprint density at radius 2 is 2.00 bits per heavy atom. The Hall–Kier alpha value is -2.14. The number of aromatic nitrogens is 1. The second-order valence-electron chi connectivity index (χ2n) is 4.51. The van der Waals surface area contributed by atoms with Crippen LogP contribution in [0.2, 0.25) is 0 Å². The van der Waals surface area contributed by atoms with E-state index in [2.05, 4.69) is 15.6 Å². The Morgan fingerprint density at radius 1 is 1.19 bits per heavy atom. The van der Waals surface area contributed by atoms with Crippen molar-refractivity contribution in [2.75, 3.05) is 11.9 Å². The number of pyridine rings is 1. The minimum absolute atomic E-state index is 0.541. The number of anilines is 1. The smallest absolute Gasteiger partial charge is 0.172 e. The zero-order valence-electron chi connectivity index (χ0n) is 12.2. The molecule has 0 saturated carbocycles. The minimum atomic E-state index is 0.541. The SMILES string of the molecule is CCOc1ccccc1CNC(=S)Nc1cccc(C)n1. The number of thiocarbonyl (C=S) groups is 1. The van der Waals surface area contributed by atoms with E-state index in [-0.39, 0.29) is 0 Å². The van der Waals surface area contributed by atoms with Gasteiger partial charge in [-0.25, -0.2) is 4.98 Å². The van der Waals surface area contributed by atoms with Crippen molar-refractivity contribution >= 4 is 23.1 Å². The molecule has 2 N–H and O–H groups in total. The molecule has 0 aliphatic carbocycles. The lowest BCUT2D eigenvalue weighted by atomic mass is 10.2. The van der Waals surface area contributed by atoms with Crippen LogP contribution in [0.25, 0.3) is 0 Å². The Kier molecular flexibility index (Phi) is 5.51. The van der Waals surface area contributed by atoms with Gasteiger partial charge >= 0.3 is 0 Å². The molecule has 1 heterocycles. The second-order valence-corrected chi connectivity index (χ2v) is 4.92. The molecule has 1 aromatic carbocycles. The van der Waals surface area contributed by atoms with E-state index in [0.29, 0.717) is 18.3 Å². The van der Waals surface area contributed by atoms with Crippen molar-refractivity contribution in [3.8, 4) is 5.75 Å². The molecule has 0 unspecified atom stereocenters. The van der Waals surface area contributed by atoms with Crippen molar-refractivity contribution in [2.24, 2.45) is 0 Å². The lowest BCUT2D eigenvalue weighted by Crippen LogP contribution is -2.28. The van der Waals surface area contributed by atoms with Crippen LogP contribution in [-0.2, 0) is 6.54 Å². The van der Waals surface area contributed by atoms with Gasteiger partial charge in [-0.15, -0.1) is 0 Å². The van der Waals surface area contributed by atoms with Gasteiger partial charge in [0.15, 0.2) is 5.11 Å². The van der Waals surface area contributed by atoms with Crippen LogP contribution in [0.3, 0.4) is 0 Å². The van der Waals surface area contributed by atoms with E-state index in [1.165, 1.54) is 0 Å². The van der Waals surface area contributed by atoms with Gasteiger partial charge in [0.1, 0.15) is 11.6 Å². The average Bonchev–Trinajstić information content (AvgIpc) is 2.47. The zero-order chi connectivity index (χ0) is 15.1. The van der Waals surface area contributed by atoms with Crippen LogP contribution in [0.5, 0.6) is 5.75 Å². The number of nitrogens with one attached hydrogen (secondary N) is 2. The molecule has 0 atom stereocenters. The summed E-state index contributed by atoms with van der Waals surface area (Å²) in [5.41, 5.74) is 2.02. The molecule has 5 heteroatoms. The first-order valence-electron chi connectivity index (χ1n) is 6.88. The minimum Gasteiger partial charge on any atom is -0.494 e. The molecule has 4 nitrogen and oxygen atoms in total. The van der Waals surface area contributed by atoms with Crippen molar-refractivity contribution in [2.45, 2.75) is 20.4 Å². The van der Waals surface area contributed by atoms with E-state index in [0.717, 1.165) is 22.8 Å². The van der Waals surface area contributed by atoms with Gasteiger partial charge in [-0.3, -0.25) is 0 Å². The molecule has 0 fully saturated rings. The summed E-state index contributed by atoms with van der Waals surface area (Å²) in [6.45, 7) is 5.17. The largest absolute Gasteiger partial charge is 0.494 e. The van der Waals surface area contributed by atoms with Gasteiger partial charge in [-0.2, -0.15) is 0 Å². The van der Waals surface area contributed by atoms with Crippen LogP contribution >= 0.6 is 12.2 Å². The van der Waals surface area contributed by atoms with Crippen molar-refractivity contribution in [3.05, 3.63) is 53.7 Å². The van der Waals surface area contributed by atoms with Crippen molar-refractivity contribution in [3.63, 3.8) is 0 Å². The molecule has 0 amide bonds. The zero-order valence-corrected chi connectivity index (χ0v) is 13.0. The van der Waals surface area contributed by atoms with Crippen LogP contribution < -0.4 is 15.4 Å². The predicted octanol–water partition coefficient (Wildman–Crippen LogP) is 3.28. The van der Waals surface area contributed by atoms with Gasteiger partial charge in [0, 0.05) is 17.8 Å². The van der Waals surface area contributed by atoms with E-state index >= 15 is 0 Å². The van der Waals surface area contributed by atoms with Crippen molar-refractivity contribution in [1.29, 1.82) is 0 Å². The lowest BCUT2D eigenvalue weighted by molar-refractivity contribution is 0.336. The van der Waals surface area contributed by atoms with E-state index < -0.39 is 0 Å². The quantitative estimate of drug-likeness (QED) is 0.830. The predicted molar refractivity (Wildman–Crippen MR) is 89.6 cm³/mol. The van der Waals surface area contributed by atoms with Gasteiger partial charge in [0.05, 0.1) is 6.61 Å². The highest BCUT2D eigenvalue weighted by atomic mass is 32.1. The number of rotatable bonds is 5. The average molecular weight is 301 g/mol. The first-order valence-corrected chi connectivity index (χ1v) is 7.29. The third kappa shape index (κ3) is 4.72. The lowest BCUT2D eigenvalue weighted by Gasteiger charge is -2.13. The van der Waals surface area contributed by atoms with Crippen LogP contribution in [0.4, 0.5) is 5.82 Å². The number of aryl methyl sites for hydroxylation is 1. The fourth-order valence-electron chi connectivity index (χ4n) is 1.89. The summed E-state index contributed by atoms with van der Waals surface area (Å²) in [6, 6.07) is 13.7. The molecule has 2 rings (SSSR count). The van der Waals surface area contributed by atoms with Gasteiger partial charge < -0.3 is 15.4 Å². The highest BCUT2D eigenvalue weighted by molar-refractivity contribution is 7.80. The number of hydrogen-bond acceptors (Lipinski definition) is 3. The molecule has 0 saturated heterocycles. The van der Waals surface area contributed by atoms with Crippen molar-refractivity contribution < 1.29 is 4.74 Å². The monoisotopic (exact) mass is 301 g/mol. The standard InChI is InChI=1S/C16H19N3OS/c1-3-20-14-9-5-4-8-13(14)11-17-16(21)19-15-10-6-7-12(2)18-15/h4-10H,3,11H2,1-2H3,(H2,17,18,19,21). The Morgan fingerprint density at radius 3 is 2.76 bits per heavy atom. The third-order valence-electron chi connectivity index (χ3n) is 2.84. The molecular weight excluding hydrogens is 282 g/mol. The summed E-state index contributed by atoms with van der Waals surface area (Å²) in [7, 11) is 0. The maximum atomic E-state index is 5.59. The fourth-order valence-corrected chi connectivity index (χ4v) is 2.07. The highest BCUT2D eigenvalue weighted by Crippen LogP contribution is 2.17. The summed E-state index contributed by atoms with van der Waals surface area (Å²) in [4.78, 5) is 4.35. The third-order valence-corrected chi connectivity index (χ3v) is 3.09. The Bertz CT molecular complexity index is 616. The number of nitrogens with zero attached hydrogens (tertiary/aromatic N) is 1. The fraction of sp³-hybridized carbons (Fsp3) is 0.250. The van der Waals surface area contributed by atoms with Gasteiger partial charge in [0.25, 0.3) is 0 Å². The second kappa shape index (κ2) is 7.59. The normalized spacial score (nSPS) is 10.0. The number of ether oxygens (including phenoxy) is 1. The molecule has 1 aromatic heterocycles. The highest BCUT2D eigenvalue weighted by Gasteiger charge is 2.04. The summed E-state index contributed by atoms with van der Waals surface area (Å²) in [5, 5.41) is 6.78. The molecule has 0 bridgehead atoms. The maximum Gasteiger partial charge on any atom is 0.172 e. The number of para-hydroxylation sites is 1. The summed E-state index contributed by atoms with van der Waals surface area (Å²) in [5.74, 6) is 1.62. The van der Waals surface area contributed by atoms with Gasteiger partial charge in [0.2, 0.25) is 0 Å². The van der Waals surface area contributed by atoms with E-state index in [9.17, 15) is 0 Å². The Labute approximate surface area is 130 Å². The summed E-state index contributed by atoms with van der Waals surface area (Å²) < 4.78 is 5.59. The van der Waals surface area contributed by atoms with Gasteiger partial charge in [-0.05, 0) is 44.3 Å². The molecule has 2 aromatic rings. The molecule has 0 spiro atoms. The topological polar surface area (TPSA) is 46.2 Å². The maximum absolute atomic E-state index is 5.59. The Balaban J connectivity index is 1.92. The summed E-state index contributed by atoms with van der Waals surface area (Å²) >= 11 is 5.28. The first-order chi connectivity index (χ1) is 10.2. The van der Waals surface area contributed by atoms with Crippen molar-refractivity contribution in [1.82, 2.24) is 10.3 Å².